The highest BCUT2D eigenvalue weighted by Gasteiger charge is 1.98. The lowest BCUT2D eigenvalue weighted by molar-refractivity contribution is -0.123. The Morgan fingerprint density at radius 2 is 2.08 bits per heavy atom. The normalized spacial score (nSPS) is 10.1. The smallest absolute Gasteiger partial charge is 0.247 e. The summed E-state index contributed by atoms with van der Waals surface area (Å²) in [5.41, 5.74) is 0. The lowest BCUT2D eigenvalue weighted by atomic mass is 10.4. The fourth-order valence-corrected chi connectivity index (χ4v) is 0.685. The zero-order valence-corrected chi connectivity index (χ0v) is 8.47. The number of nitrogens with one attached hydrogen (secondary N) is 1. The van der Waals surface area contributed by atoms with Crippen molar-refractivity contribution in [3.05, 3.63) is 12.3 Å². The molecule has 0 aromatic heterocycles. The van der Waals surface area contributed by atoms with Crippen LogP contribution in [0.15, 0.2) is 12.3 Å². The van der Waals surface area contributed by atoms with Crippen LogP contribution in [0.2, 0.25) is 0 Å². The zero-order valence-electron chi connectivity index (χ0n) is 7.71. The van der Waals surface area contributed by atoms with Crippen LogP contribution < -0.4 is 5.32 Å². The molecule has 0 bridgehead atoms. The lowest BCUT2D eigenvalue weighted by Gasteiger charge is -2.05. The van der Waals surface area contributed by atoms with Gasteiger partial charge >= 0.3 is 0 Å². The number of amides is 2. The highest BCUT2D eigenvalue weighted by atomic mass is 35.5. The quantitative estimate of drug-likeness (QED) is 0.530. The number of rotatable bonds is 4. The van der Waals surface area contributed by atoms with E-state index in [-0.39, 0.29) is 24.1 Å². The van der Waals surface area contributed by atoms with Gasteiger partial charge in [0.25, 0.3) is 0 Å². The average molecular weight is 205 g/mol. The van der Waals surface area contributed by atoms with E-state index in [0.29, 0.717) is 0 Å². The summed E-state index contributed by atoms with van der Waals surface area (Å²) in [6.07, 6.45) is 2.85. The molecule has 1 N–H and O–H groups in total. The van der Waals surface area contributed by atoms with E-state index in [2.05, 4.69) is 5.32 Å². The lowest BCUT2D eigenvalue weighted by Crippen LogP contribution is -2.21. The van der Waals surface area contributed by atoms with Crippen LogP contribution in [0.1, 0.15) is 6.42 Å². The Kier molecular flexibility index (Phi) is 5.97. The van der Waals surface area contributed by atoms with E-state index in [9.17, 15) is 9.59 Å². The summed E-state index contributed by atoms with van der Waals surface area (Å²) in [6, 6.07) is 0. The minimum absolute atomic E-state index is 0.175. The first-order valence-corrected chi connectivity index (χ1v) is 4.34. The third kappa shape index (κ3) is 6.16. The summed E-state index contributed by atoms with van der Waals surface area (Å²) in [5, 5.41) is 2.42. The maximum Gasteiger partial charge on any atom is 0.247 e. The van der Waals surface area contributed by atoms with Crippen molar-refractivity contribution in [1.82, 2.24) is 10.2 Å². The van der Waals surface area contributed by atoms with Gasteiger partial charge in [-0.25, -0.2) is 0 Å². The van der Waals surface area contributed by atoms with Gasteiger partial charge in [-0.15, -0.1) is 11.6 Å². The van der Waals surface area contributed by atoms with Crippen molar-refractivity contribution < 1.29 is 9.59 Å². The first kappa shape index (κ1) is 12.0. The molecule has 0 unspecified atom stereocenters. The molecule has 5 heteroatoms. The molecule has 0 aromatic carbocycles. The van der Waals surface area contributed by atoms with Gasteiger partial charge in [-0.1, -0.05) is 0 Å². The molecule has 4 nitrogen and oxygen atoms in total. The summed E-state index contributed by atoms with van der Waals surface area (Å²) in [4.78, 5) is 23.2. The molecule has 74 valence electrons. The first-order valence-electron chi connectivity index (χ1n) is 3.81. The monoisotopic (exact) mass is 204 g/mol. The number of likely N-dealkylation sites (N-methyl/N-ethyl adjacent to an activating group) is 1. The molecule has 0 radical (unpaired) electrons. The van der Waals surface area contributed by atoms with Gasteiger partial charge in [-0.05, 0) is 0 Å². The molecule has 0 aromatic rings. The van der Waals surface area contributed by atoms with Gasteiger partial charge < -0.3 is 10.2 Å². The van der Waals surface area contributed by atoms with Crippen LogP contribution in [0.4, 0.5) is 0 Å². The van der Waals surface area contributed by atoms with Crippen molar-refractivity contribution in [3.63, 3.8) is 0 Å². The predicted octanol–water partition coefficient (Wildman–Crippen LogP) is 0.333. The van der Waals surface area contributed by atoms with E-state index < -0.39 is 0 Å². The fraction of sp³-hybridized carbons (Fsp3) is 0.500. The number of carbonyl (C=O) groups is 2. The van der Waals surface area contributed by atoms with Crippen LogP contribution in [0.25, 0.3) is 0 Å². The van der Waals surface area contributed by atoms with E-state index >= 15 is 0 Å². The Labute approximate surface area is 82.5 Å². The molecular weight excluding hydrogens is 192 g/mol. The number of alkyl halides is 1. The summed E-state index contributed by atoms with van der Waals surface area (Å²) in [7, 11) is 3.26. The number of carbonyl (C=O) groups excluding carboxylic acids is 2. The van der Waals surface area contributed by atoms with Crippen LogP contribution >= 0.6 is 11.6 Å². The molecule has 0 atom stereocenters. The van der Waals surface area contributed by atoms with E-state index in [0.717, 1.165) is 0 Å². The van der Waals surface area contributed by atoms with E-state index in [1.54, 1.807) is 14.1 Å². The van der Waals surface area contributed by atoms with Crippen molar-refractivity contribution >= 4 is 23.4 Å². The van der Waals surface area contributed by atoms with Crippen molar-refractivity contribution in [1.29, 1.82) is 0 Å². The summed E-state index contributed by atoms with van der Waals surface area (Å²) < 4.78 is 0. The standard InChI is InChI=1S/C8H13ClN2O2/c1-11(2)8(13)4-6-10-7(12)3-5-9/h4,6H,3,5H2,1-2H3,(H,10,12)/b6-4-. The van der Waals surface area contributed by atoms with Crippen molar-refractivity contribution in [2.45, 2.75) is 6.42 Å². The SMILES string of the molecule is CN(C)C(=O)/C=C\NC(=O)CCCl. The van der Waals surface area contributed by atoms with Crippen LogP contribution in [0.3, 0.4) is 0 Å². The van der Waals surface area contributed by atoms with Gasteiger partial charge in [0.15, 0.2) is 0 Å². The van der Waals surface area contributed by atoms with Gasteiger partial charge in [-0.2, -0.15) is 0 Å². The summed E-state index contributed by atoms with van der Waals surface area (Å²) in [6.45, 7) is 0. The number of halogens is 1. The van der Waals surface area contributed by atoms with Gasteiger partial charge in [0, 0.05) is 38.7 Å². The molecule has 0 saturated heterocycles. The summed E-state index contributed by atoms with van der Waals surface area (Å²) in [5.74, 6) is -0.0922. The third-order valence-corrected chi connectivity index (χ3v) is 1.42. The molecular formula is C8H13ClN2O2. The number of nitrogens with zero attached hydrogens (tertiary/aromatic N) is 1. The molecule has 0 saturated carbocycles. The van der Waals surface area contributed by atoms with E-state index in [1.807, 2.05) is 0 Å². The van der Waals surface area contributed by atoms with E-state index in [4.69, 9.17) is 11.6 Å². The largest absolute Gasteiger partial charge is 0.345 e. The molecule has 0 fully saturated rings. The van der Waals surface area contributed by atoms with Crippen molar-refractivity contribution in [2.75, 3.05) is 20.0 Å². The second kappa shape index (κ2) is 6.48. The Balaban J connectivity index is 3.75. The predicted molar refractivity (Wildman–Crippen MR) is 51.3 cm³/mol. The molecule has 0 aliphatic heterocycles. The van der Waals surface area contributed by atoms with Crippen LogP contribution in [-0.2, 0) is 9.59 Å². The van der Waals surface area contributed by atoms with Crippen molar-refractivity contribution in [3.8, 4) is 0 Å². The topological polar surface area (TPSA) is 49.4 Å². The fourth-order valence-electron chi connectivity index (χ4n) is 0.513. The highest BCUT2D eigenvalue weighted by Crippen LogP contribution is 1.84. The van der Waals surface area contributed by atoms with Crippen LogP contribution in [-0.4, -0.2) is 36.7 Å². The highest BCUT2D eigenvalue weighted by molar-refractivity contribution is 6.18. The van der Waals surface area contributed by atoms with Gasteiger partial charge in [-0.3, -0.25) is 9.59 Å². The minimum Gasteiger partial charge on any atom is -0.345 e. The second-order valence-electron chi connectivity index (χ2n) is 2.57. The van der Waals surface area contributed by atoms with Crippen molar-refractivity contribution in [2.24, 2.45) is 0 Å². The van der Waals surface area contributed by atoms with E-state index in [1.165, 1.54) is 17.2 Å². The maximum absolute atomic E-state index is 10.9. The van der Waals surface area contributed by atoms with Crippen LogP contribution in [0.5, 0.6) is 0 Å². The minimum atomic E-state index is -0.196. The second-order valence-corrected chi connectivity index (χ2v) is 2.95. The Hall–Kier alpha value is -1.03. The van der Waals surface area contributed by atoms with Crippen LogP contribution in [0, 0.1) is 0 Å². The molecule has 2 amide bonds. The van der Waals surface area contributed by atoms with Gasteiger partial charge in [0.05, 0.1) is 0 Å². The molecule has 0 rings (SSSR count). The maximum atomic E-state index is 10.9. The zero-order chi connectivity index (χ0) is 10.3. The van der Waals surface area contributed by atoms with Gasteiger partial charge in [0.1, 0.15) is 0 Å². The Morgan fingerprint density at radius 3 is 2.54 bits per heavy atom. The van der Waals surface area contributed by atoms with Gasteiger partial charge in [0.2, 0.25) is 11.8 Å². The Bertz CT molecular complexity index is 214. The number of hydrogen-bond acceptors (Lipinski definition) is 2. The molecule has 0 aliphatic rings. The molecule has 0 heterocycles. The summed E-state index contributed by atoms with van der Waals surface area (Å²) >= 11 is 5.33. The molecule has 13 heavy (non-hydrogen) atoms. The molecule has 0 spiro atoms. The molecule has 0 aliphatic carbocycles. The number of hydrogen-bond donors (Lipinski definition) is 1. The average Bonchev–Trinajstić information content (AvgIpc) is 2.04. The third-order valence-electron chi connectivity index (χ3n) is 1.23. The first-order chi connectivity index (χ1) is 6.07. The Morgan fingerprint density at radius 1 is 1.46 bits per heavy atom.